The van der Waals surface area contributed by atoms with E-state index in [0.29, 0.717) is 5.92 Å². The van der Waals surface area contributed by atoms with Crippen LogP contribution in [0.15, 0.2) is 18.2 Å². The van der Waals surface area contributed by atoms with Crippen LogP contribution in [0.4, 0.5) is 0 Å². The van der Waals surface area contributed by atoms with Crippen molar-refractivity contribution < 1.29 is 9.47 Å². The second kappa shape index (κ2) is 6.27. The lowest BCUT2D eigenvalue weighted by atomic mass is 9.64. The van der Waals surface area contributed by atoms with Gasteiger partial charge in [0.1, 0.15) is 0 Å². The largest absolute Gasteiger partial charge is 0.493 e. The molecule has 0 spiro atoms. The molecule has 21 heavy (non-hydrogen) atoms. The summed E-state index contributed by atoms with van der Waals surface area (Å²) in [5, 5.41) is 0. The number of nitrogens with two attached hydrogens (primary N) is 1. The molecule has 3 heteroatoms. The SMILES string of the molecule is COc1ccc(C(C)(C)C2CCC(C)CC2N)cc1OC. The van der Waals surface area contributed by atoms with E-state index >= 15 is 0 Å². The summed E-state index contributed by atoms with van der Waals surface area (Å²) in [6.07, 6.45) is 3.60. The lowest BCUT2D eigenvalue weighted by molar-refractivity contribution is 0.170. The molecule has 2 N–H and O–H groups in total. The van der Waals surface area contributed by atoms with Crippen molar-refractivity contribution in [1.29, 1.82) is 0 Å². The number of hydrogen-bond donors (Lipinski definition) is 1. The molecule has 0 aromatic heterocycles. The third-order valence-electron chi connectivity index (χ3n) is 5.22. The predicted octanol–water partition coefficient (Wildman–Crippen LogP) is 3.74. The van der Waals surface area contributed by atoms with Gasteiger partial charge in [-0.15, -0.1) is 0 Å². The smallest absolute Gasteiger partial charge is 0.161 e. The highest BCUT2D eigenvalue weighted by atomic mass is 16.5. The van der Waals surface area contributed by atoms with E-state index < -0.39 is 0 Å². The normalized spacial score (nSPS) is 26.5. The minimum atomic E-state index is 0.0408. The lowest BCUT2D eigenvalue weighted by Crippen LogP contribution is -2.45. The first-order valence-electron chi connectivity index (χ1n) is 7.88. The van der Waals surface area contributed by atoms with Gasteiger partial charge in [0.05, 0.1) is 14.2 Å². The average molecular weight is 291 g/mol. The third-order valence-corrected chi connectivity index (χ3v) is 5.22. The molecule has 1 aliphatic carbocycles. The zero-order valence-electron chi connectivity index (χ0n) is 14.0. The van der Waals surface area contributed by atoms with E-state index in [1.54, 1.807) is 14.2 Å². The molecule has 118 valence electrons. The van der Waals surface area contributed by atoms with E-state index in [1.807, 2.05) is 6.07 Å². The van der Waals surface area contributed by atoms with E-state index in [2.05, 4.69) is 32.9 Å². The van der Waals surface area contributed by atoms with Gasteiger partial charge in [-0.05, 0) is 47.8 Å². The molecule has 1 aromatic rings. The molecule has 1 aliphatic rings. The number of hydrogen-bond acceptors (Lipinski definition) is 3. The van der Waals surface area contributed by atoms with E-state index in [9.17, 15) is 0 Å². The summed E-state index contributed by atoms with van der Waals surface area (Å²) in [5.41, 5.74) is 7.78. The van der Waals surface area contributed by atoms with Crippen LogP contribution in [0.2, 0.25) is 0 Å². The maximum Gasteiger partial charge on any atom is 0.161 e. The highest BCUT2D eigenvalue weighted by Crippen LogP contribution is 2.43. The van der Waals surface area contributed by atoms with Gasteiger partial charge in [-0.2, -0.15) is 0 Å². The second-order valence-corrected chi connectivity index (χ2v) is 6.98. The zero-order valence-corrected chi connectivity index (χ0v) is 14.0. The predicted molar refractivity (Wildman–Crippen MR) is 87.1 cm³/mol. The van der Waals surface area contributed by atoms with Gasteiger partial charge < -0.3 is 15.2 Å². The van der Waals surface area contributed by atoms with Crippen molar-refractivity contribution in [3.8, 4) is 11.5 Å². The number of benzene rings is 1. The summed E-state index contributed by atoms with van der Waals surface area (Å²) in [5.74, 6) is 2.82. The van der Waals surface area contributed by atoms with Crippen molar-refractivity contribution in [1.82, 2.24) is 0 Å². The van der Waals surface area contributed by atoms with Gasteiger partial charge in [0.15, 0.2) is 11.5 Å². The highest BCUT2D eigenvalue weighted by molar-refractivity contribution is 5.45. The van der Waals surface area contributed by atoms with Crippen LogP contribution in [0.3, 0.4) is 0 Å². The fourth-order valence-electron chi connectivity index (χ4n) is 3.77. The van der Waals surface area contributed by atoms with Gasteiger partial charge in [-0.3, -0.25) is 0 Å². The molecule has 0 amide bonds. The Labute approximate surface area is 128 Å². The number of methoxy groups -OCH3 is 2. The first-order valence-corrected chi connectivity index (χ1v) is 7.88. The monoisotopic (exact) mass is 291 g/mol. The number of rotatable bonds is 4. The van der Waals surface area contributed by atoms with Gasteiger partial charge in [-0.25, -0.2) is 0 Å². The van der Waals surface area contributed by atoms with Crippen molar-refractivity contribution >= 4 is 0 Å². The summed E-state index contributed by atoms with van der Waals surface area (Å²) in [7, 11) is 3.35. The summed E-state index contributed by atoms with van der Waals surface area (Å²) < 4.78 is 10.8. The quantitative estimate of drug-likeness (QED) is 0.919. The Morgan fingerprint density at radius 2 is 1.76 bits per heavy atom. The fraction of sp³-hybridized carbons (Fsp3) is 0.667. The highest BCUT2D eigenvalue weighted by Gasteiger charge is 2.38. The van der Waals surface area contributed by atoms with Crippen molar-refractivity contribution in [2.45, 2.75) is 51.5 Å². The maximum atomic E-state index is 6.46. The Morgan fingerprint density at radius 1 is 1.10 bits per heavy atom. The topological polar surface area (TPSA) is 44.5 Å². The summed E-state index contributed by atoms with van der Waals surface area (Å²) in [4.78, 5) is 0. The minimum Gasteiger partial charge on any atom is -0.493 e. The van der Waals surface area contributed by atoms with Crippen LogP contribution < -0.4 is 15.2 Å². The first kappa shape index (κ1) is 16.2. The molecule has 3 nitrogen and oxygen atoms in total. The van der Waals surface area contributed by atoms with E-state index in [0.717, 1.165) is 23.8 Å². The van der Waals surface area contributed by atoms with Crippen LogP contribution in [0.5, 0.6) is 11.5 Å². The van der Waals surface area contributed by atoms with E-state index in [4.69, 9.17) is 15.2 Å². The van der Waals surface area contributed by atoms with Crippen LogP contribution in [0, 0.1) is 11.8 Å². The lowest BCUT2D eigenvalue weighted by Gasteiger charge is -2.43. The number of ether oxygens (including phenoxy) is 2. The van der Waals surface area contributed by atoms with Crippen molar-refractivity contribution in [2.75, 3.05) is 14.2 Å². The van der Waals surface area contributed by atoms with Gasteiger partial charge >= 0.3 is 0 Å². The first-order chi connectivity index (χ1) is 9.90. The van der Waals surface area contributed by atoms with Gasteiger partial charge in [0.2, 0.25) is 0 Å². The molecule has 1 fully saturated rings. The Kier molecular flexibility index (Phi) is 4.82. The Morgan fingerprint density at radius 3 is 2.33 bits per heavy atom. The van der Waals surface area contributed by atoms with Crippen LogP contribution in [0.25, 0.3) is 0 Å². The average Bonchev–Trinajstić information content (AvgIpc) is 2.46. The maximum absolute atomic E-state index is 6.46. The van der Waals surface area contributed by atoms with Gasteiger partial charge in [0, 0.05) is 6.04 Å². The zero-order chi connectivity index (χ0) is 15.6. The molecule has 0 aliphatic heterocycles. The van der Waals surface area contributed by atoms with Crippen molar-refractivity contribution in [3.05, 3.63) is 23.8 Å². The molecule has 3 atom stereocenters. The summed E-state index contributed by atoms with van der Waals surface area (Å²) >= 11 is 0. The molecule has 0 bridgehead atoms. The molecule has 0 heterocycles. The summed E-state index contributed by atoms with van der Waals surface area (Å²) in [6.45, 7) is 6.91. The Balaban J connectivity index is 2.30. The Bertz CT molecular complexity index is 484. The van der Waals surface area contributed by atoms with Gasteiger partial charge in [-0.1, -0.05) is 33.3 Å². The standard InChI is InChI=1S/C18H29NO2/c1-12-6-8-14(15(19)10-12)18(2,3)13-7-9-16(20-4)17(11-13)21-5/h7,9,11-12,14-15H,6,8,10,19H2,1-5H3. The van der Waals surface area contributed by atoms with Crippen LogP contribution in [-0.4, -0.2) is 20.3 Å². The van der Waals surface area contributed by atoms with Gasteiger partial charge in [0.25, 0.3) is 0 Å². The van der Waals surface area contributed by atoms with Crippen LogP contribution in [0.1, 0.15) is 45.6 Å². The molecule has 2 rings (SSSR count). The fourth-order valence-corrected chi connectivity index (χ4v) is 3.77. The molecule has 3 unspecified atom stereocenters. The molecule has 1 aromatic carbocycles. The van der Waals surface area contributed by atoms with Crippen LogP contribution >= 0.6 is 0 Å². The summed E-state index contributed by atoms with van der Waals surface area (Å²) in [6, 6.07) is 6.51. The van der Waals surface area contributed by atoms with E-state index in [1.165, 1.54) is 18.4 Å². The van der Waals surface area contributed by atoms with Crippen LogP contribution in [-0.2, 0) is 5.41 Å². The molecular weight excluding hydrogens is 262 g/mol. The molecule has 1 saturated carbocycles. The third kappa shape index (κ3) is 3.18. The van der Waals surface area contributed by atoms with Crippen molar-refractivity contribution in [2.24, 2.45) is 17.6 Å². The minimum absolute atomic E-state index is 0.0408. The molecular formula is C18H29NO2. The van der Waals surface area contributed by atoms with Crippen molar-refractivity contribution in [3.63, 3.8) is 0 Å². The second-order valence-electron chi connectivity index (χ2n) is 6.98. The molecule has 0 saturated heterocycles. The molecule has 0 radical (unpaired) electrons. The Hall–Kier alpha value is -1.22. The van der Waals surface area contributed by atoms with E-state index in [-0.39, 0.29) is 11.5 Å².